The third-order valence-corrected chi connectivity index (χ3v) is 15.1. The van der Waals surface area contributed by atoms with Crippen LogP contribution in [0.5, 0.6) is 0 Å². The van der Waals surface area contributed by atoms with Gasteiger partial charge in [0.2, 0.25) is 0 Å². The van der Waals surface area contributed by atoms with Crippen molar-refractivity contribution in [2.75, 3.05) is 0 Å². The summed E-state index contributed by atoms with van der Waals surface area (Å²) in [4.78, 5) is 0. The molecule has 0 saturated heterocycles. The van der Waals surface area contributed by atoms with Crippen LogP contribution in [0.4, 0.5) is 0 Å². The zero-order valence-corrected chi connectivity index (χ0v) is 49.3. The first-order valence-electron chi connectivity index (χ1n) is 26.3. The fraction of sp³-hybridized carbons (Fsp3) is 0.364. The first-order valence-corrected chi connectivity index (χ1v) is 33.6. The first-order chi connectivity index (χ1) is 33.7. The van der Waals surface area contributed by atoms with E-state index in [-0.39, 0.29) is 0 Å². The van der Waals surface area contributed by atoms with Crippen molar-refractivity contribution in [3.8, 4) is 33.4 Å². The van der Waals surface area contributed by atoms with E-state index in [1.165, 1.54) is 148 Å². The van der Waals surface area contributed by atoms with Crippen LogP contribution in [0.2, 0.25) is 0 Å². The molecular weight excluding hydrogens is 983 g/mol. The number of fused-ring (bicyclic) bond motifs is 5. The summed E-state index contributed by atoms with van der Waals surface area (Å²) >= 11 is -0.826. The molecule has 366 valence electrons. The zero-order chi connectivity index (χ0) is 50.5. The summed E-state index contributed by atoms with van der Waals surface area (Å²) in [5.41, 5.74) is 20.3. The van der Waals surface area contributed by atoms with Gasteiger partial charge in [-0.05, 0) is 82.7 Å². The van der Waals surface area contributed by atoms with Crippen LogP contribution in [-0.2, 0) is 46.5 Å². The van der Waals surface area contributed by atoms with Crippen LogP contribution in [0.3, 0.4) is 0 Å². The molecule has 1 aliphatic rings. The second-order valence-corrected chi connectivity index (χ2v) is 25.5. The maximum atomic E-state index is 4.93. The van der Waals surface area contributed by atoms with Gasteiger partial charge in [-0.15, -0.1) is 74.6 Å². The molecule has 0 amide bonds. The Bertz CT molecular complexity index is 2670. The van der Waals surface area contributed by atoms with Crippen LogP contribution in [0.1, 0.15) is 177 Å². The molecule has 8 aromatic rings. The standard InChI is InChI=1S/2C27H35.C12H7Si.2ClH.Zr/c2*1-7-9-20-13-22-12-11-21(10-8-2)27(26(22)14-20)25-16-23(18(3)4)15-24(17-25)19(5)6;1-3-7-11-9(5-1)10-6-2-4-8-12(10)13-11;;;/h2*11-19H,7-10H2,1-6H3;1-7H;2*1H;/q3*-1;;;+2/p-2. The maximum absolute atomic E-state index is 4.93. The minimum absolute atomic E-state index is 0.548. The van der Waals surface area contributed by atoms with Crippen molar-refractivity contribution >= 4 is 58.5 Å². The summed E-state index contributed by atoms with van der Waals surface area (Å²) in [5, 5.41) is 8.51. The van der Waals surface area contributed by atoms with E-state index < -0.39 is 20.8 Å². The van der Waals surface area contributed by atoms with Gasteiger partial charge in [-0.25, -0.2) is 0 Å². The Kier molecular flexibility index (Phi) is 21.2. The van der Waals surface area contributed by atoms with Crippen LogP contribution >= 0.6 is 17.0 Å². The summed E-state index contributed by atoms with van der Waals surface area (Å²) < 4.78 is 0. The van der Waals surface area contributed by atoms with Crippen LogP contribution in [0.25, 0.3) is 54.9 Å². The topological polar surface area (TPSA) is 0 Å². The Morgan fingerprint density at radius 1 is 0.486 bits per heavy atom. The van der Waals surface area contributed by atoms with Crippen LogP contribution in [-0.4, -0.2) is 9.52 Å². The van der Waals surface area contributed by atoms with Gasteiger partial charge in [0, 0.05) is 0 Å². The normalized spacial score (nSPS) is 11.6. The molecule has 0 N–H and O–H groups in total. The number of benzene rings is 6. The maximum Gasteiger partial charge on any atom is 0.0920 e. The largest absolute Gasteiger partial charge is 0.184 e. The van der Waals surface area contributed by atoms with E-state index in [1.54, 1.807) is 0 Å². The Hall–Kier alpha value is -3.78. The minimum Gasteiger partial charge on any atom is -0.184 e. The van der Waals surface area contributed by atoms with Crippen molar-refractivity contribution in [1.29, 1.82) is 0 Å². The van der Waals surface area contributed by atoms with E-state index in [4.69, 9.17) is 17.0 Å². The van der Waals surface area contributed by atoms with E-state index in [2.05, 4.69) is 210 Å². The smallest absolute Gasteiger partial charge is 0.0920 e. The van der Waals surface area contributed by atoms with E-state index >= 15 is 0 Å². The molecule has 0 unspecified atom stereocenters. The third kappa shape index (κ3) is 13.8. The van der Waals surface area contributed by atoms with Gasteiger partial charge in [0.1, 0.15) is 0 Å². The van der Waals surface area contributed by atoms with Crippen molar-refractivity contribution in [1.82, 2.24) is 0 Å². The fourth-order valence-electron chi connectivity index (χ4n) is 9.98. The molecule has 9 rings (SSSR count). The second kappa shape index (κ2) is 26.8. The summed E-state index contributed by atoms with van der Waals surface area (Å²) in [5.74, 6) is 2.19. The molecule has 0 aliphatic carbocycles. The van der Waals surface area contributed by atoms with Gasteiger partial charge in [0.15, 0.2) is 0 Å². The molecule has 0 bridgehead atoms. The Morgan fingerprint density at radius 2 is 0.886 bits per heavy atom. The molecule has 2 radical (unpaired) electrons. The number of hydrogen-bond donors (Lipinski definition) is 0. The summed E-state index contributed by atoms with van der Waals surface area (Å²) in [6.45, 7) is 27.5. The third-order valence-electron chi connectivity index (χ3n) is 13.7. The number of hydrogen-bond acceptors (Lipinski definition) is 0. The zero-order valence-electron chi connectivity index (χ0n) is 44.3. The van der Waals surface area contributed by atoms with Crippen molar-refractivity contribution in [2.45, 2.75) is 158 Å². The van der Waals surface area contributed by atoms with Gasteiger partial charge in [-0.1, -0.05) is 202 Å². The van der Waals surface area contributed by atoms with Crippen LogP contribution in [0.15, 0.2) is 127 Å². The molecule has 0 fully saturated rings. The molecule has 0 spiro atoms. The van der Waals surface area contributed by atoms with Gasteiger partial charge in [-0.3, -0.25) is 0 Å². The van der Waals surface area contributed by atoms with Gasteiger partial charge >= 0.3 is 37.9 Å². The Morgan fingerprint density at radius 3 is 1.29 bits per heavy atom. The summed E-state index contributed by atoms with van der Waals surface area (Å²) in [7, 11) is 10.7. The average molecular weight is 1060 g/mol. The molecule has 0 nitrogen and oxygen atoms in total. The Labute approximate surface area is 445 Å². The number of halogens is 2. The van der Waals surface area contributed by atoms with Crippen LogP contribution < -0.4 is 10.4 Å². The minimum atomic E-state index is -0.826. The predicted octanol–water partition coefficient (Wildman–Crippen LogP) is 19.3. The van der Waals surface area contributed by atoms with Crippen molar-refractivity contribution < 1.29 is 20.8 Å². The van der Waals surface area contributed by atoms with E-state index in [0.717, 1.165) is 22.4 Å². The molecule has 8 aromatic carbocycles. The predicted molar refractivity (Wildman–Crippen MR) is 310 cm³/mol. The van der Waals surface area contributed by atoms with Crippen molar-refractivity contribution in [3.63, 3.8) is 0 Å². The summed E-state index contributed by atoms with van der Waals surface area (Å²) in [6, 6.07) is 51.8. The molecule has 0 aromatic heterocycles. The van der Waals surface area contributed by atoms with Crippen molar-refractivity contribution in [3.05, 3.63) is 178 Å². The second-order valence-electron chi connectivity index (χ2n) is 20.5. The van der Waals surface area contributed by atoms with Gasteiger partial charge in [0.25, 0.3) is 0 Å². The molecule has 1 heterocycles. The fourth-order valence-corrected chi connectivity index (χ4v) is 11.3. The molecule has 0 atom stereocenters. The van der Waals surface area contributed by atoms with E-state index in [1.807, 2.05) is 6.07 Å². The molecule has 1 aliphatic heterocycles. The van der Waals surface area contributed by atoms with Gasteiger partial charge in [0.05, 0.1) is 9.52 Å². The monoisotopic (exact) mass is 1060 g/mol. The van der Waals surface area contributed by atoms with E-state index in [0.29, 0.717) is 23.7 Å². The molecular formula is C66H77Cl2SiZr-3. The molecule has 4 heteroatoms. The van der Waals surface area contributed by atoms with Gasteiger partial charge < -0.3 is 0 Å². The van der Waals surface area contributed by atoms with Crippen molar-refractivity contribution in [2.24, 2.45) is 0 Å². The number of rotatable bonds is 14. The summed E-state index contributed by atoms with van der Waals surface area (Å²) in [6.07, 6.45) is 9.39. The molecule has 0 saturated carbocycles. The average Bonchev–Trinajstić information content (AvgIpc) is 4.07. The van der Waals surface area contributed by atoms with E-state index in [9.17, 15) is 0 Å². The Balaban J connectivity index is 0.000000176. The molecule has 70 heavy (non-hydrogen) atoms. The SMILES string of the molecule is CCCc1cc2c(-c3cc(C(C)C)cc(C(C)C)c3)c(CCC)ccc2[cH-]1.CCCc1cc2c(-c3cc(C(C)C)cc(C(C)C)c3)c(CCC)ccc2[cH-]1.[Cl][Zr][Cl].[c-]1cccc2c1[Si]c1ccccc1-2. The quantitative estimate of drug-likeness (QED) is 0.0752. The van der Waals surface area contributed by atoms with Crippen LogP contribution in [0, 0.1) is 6.07 Å². The van der Waals surface area contributed by atoms with Gasteiger partial charge in [-0.2, -0.15) is 41.6 Å². The number of aryl methyl sites for hydroxylation is 4. The first kappa shape index (κ1) is 55.5.